The van der Waals surface area contributed by atoms with Gasteiger partial charge in [0.1, 0.15) is 5.82 Å². The number of piperazine rings is 2. The van der Waals surface area contributed by atoms with E-state index in [1.54, 1.807) is 0 Å². The molecule has 0 atom stereocenters. The SMILES string of the molecule is O=C(NCCN1CCN(c2ccc(F)cc2)CC1)N1CCN(C(=O)C2CCCC2)CC1. The average Bonchev–Trinajstić information content (AvgIpc) is 3.35. The minimum Gasteiger partial charge on any atom is -0.369 e. The van der Waals surface area contributed by atoms with Gasteiger partial charge in [-0.3, -0.25) is 9.69 Å². The van der Waals surface area contributed by atoms with Crippen molar-refractivity contribution in [2.24, 2.45) is 5.92 Å². The molecule has 170 valence electrons. The largest absolute Gasteiger partial charge is 0.369 e. The van der Waals surface area contributed by atoms with Crippen molar-refractivity contribution in [2.75, 3.05) is 70.3 Å². The van der Waals surface area contributed by atoms with Crippen molar-refractivity contribution in [1.82, 2.24) is 20.0 Å². The second-order valence-corrected chi connectivity index (χ2v) is 8.83. The van der Waals surface area contributed by atoms with Crippen LogP contribution in [0.3, 0.4) is 0 Å². The summed E-state index contributed by atoms with van der Waals surface area (Å²) in [5, 5.41) is 3.03. The van der Waals surface area contributed by atoms with Gasteiger partial charge in [0, 0.05) is 77.1 Å². The van der Waals surface area contributed by atoms with Gasteiger partial charge in [-0.25, -0.2) is 9.18 Å². The Bertz CT molecular complexity index is 737. The van der Waals surface area contributed by atoms with Crippen LogP contribution in [0, 0.1) is 11.7 Å². The van der Waals surface area contributed by atoms with E-state index >= 15 is 0 Å². The van der Waals surface area contributed by atoms with Crippen molar-refractivity contribution >= 4 is 17.6 Å². The molecule has 1 N–H and O–H groups in total. The number of nitrogens with one attached hydrogen (secondary N) is 1. The second kappa shape index (κ2) is 10.3. The number of anilines is 1. The molecule has 2 heterocycles. The number of rotatable bonds is 5. The Balaban J connectivity index is 1.11. The lowest BCUT2D eigenvalue weighted by atomic mass is 10.1. The van der Waals surface area contributed by atoms with Crippen LogP contribution < -0.4 is 10.2 Å². The van der Waals surface area contributed by atoms with Crippen molar-refractivity contribution in [3.05, 3.63) is 30.1 Å². The Morgan fingerprint density at radius 3 is 2.13 bits per heavy atom. The van der Waals surface area contributed by atoms with Crippen molar-refractivity contribution in [3.63, 3.8) is 0 Å². The maximum atomic E-state index is 13.1. The number of carbonyl (C=O) groups excluding carboxylic acids is 2. The van der Waals surface area contributed by atoms with E-state index < -0.39 is 0 Å². The maximum Gasteiger partial charge on any atom is 0.317 e. The molecule has 1 aromatic rings. The Kier molecular flexibility index (Phi) is 7.27. The summed E-state index contributed by atoms with van der Waals surface area (Å²) in [4.78, 5) is 33.4. The first kappa shape index (κ1) is 21.9. The highest BCUT2D eigenvalue weighted by Gasteiger charge is 2.30. The molecule has 0 unspecified atom stereocenters. The van der Waals surface area contributed by atoms with Gasteiger partial charge in [0.2, 0.25) is 5.91 Å². The van der Waals surface area contributed by atoms with E-state index in [4.69, 9.17) is 0 Å². The zero-order valence-corrected chi connectivity index (χ0v) is 18.3. The van der Waals surface area contributed by atoms with Crippen LogP contribution in [-0.2, 0) is 4.79 Å². The molecule has 2 saturated heterocycles. The van der Waals surface area contributed by atoms with Crippen LogP contribution >= 0.6 is 0 Å². The van der Waals surface area contributed by atoms with Crippen molar-refractivity contribution in [3.8, 4) is 0 Å². The molecule has 3 aliphatic rings. The number of amides is 3. The summed E-state index contributed by atoms with van der Waals surface area (Å²) >= 11 is 0. The highest BCUT2D eigenvalue weighted by Crippen LogP contribution is 2.27. The first-order chi connectivity index (χ1) is 15.1. The normalized spacial score (nSPS) is 20.9. The summed E-state index contributed by atoms with van der Waals surface area (Å²) in [6.07, 6.45) is 4.38. The van der Waals surface area contributed by atoms with Crippen LogP contribution in [0.15, 0.2) is 24.3 Å². The number of carbonyl (C=O) groups is 2. The lowest BCUT2D eigenvalue weighted by Crippen LogP contribution is -2.55. The van der Waals surface area contributed by atoms with Gasteiger partial charge in [0.15, 0.2) is 0 Å². The summed E-state index contributed by atoms with van der Waals surface area (Å²) in [6, 6.07) is 6.63. The lowest BCUT2D eigenvalue weighted by Gasteiger charge is -2.37. The third-order valence-electron chi connectivity index (χ3n) is 6.85. The summed E-state index contributed by atoms with van der Waals surface area (Å²) in [7, 11) is 0. The number of hydrogen-bond donors (Lipinski definition) is 1. The second-order valence-electron chi connectivity index (χ2n) is 8.83. The average molecular weight is 432 g/mol. The van der Waals surface area contributed by atoms with E-state index in [0.29, 0.717) is 32.7 Å². The van der Waals surface area contributed by atoms with E-state index in [1.807, 2.05) is 21.9 Å². The van der Waals surface area contributed by atoms with Crippen LogP contribution in [-0.4, -0.2) is 92.1 Å². The summed E-state index contributed by atoms with van der Waals surface area (Å²) in [5.74, 6) is 0.293. The minimum atomic E-state index is -0.208. The predicted molar refractivity (Wildman–Crippen MR) is 119 cm³/mol. The fraction of sp³-hybridized carbons (Fsp3) is 0.652. The van der Waals surface area contributed by atoms with E-state index in [9.17, 15) is 14.0 Å². The quantitative estimate of drug-likeness (QED) is 0.775. The molecule has 31 heavy (non-hydrogen) atoms. The molecule has 3 fully saturated rings. The van der Waals surface area contributed by atoms with Gasteiger partial charge in [-0.05, 0) is 37.1 Å². The van der Waals surface area contributed by atoms with Crippen LogP contribution in [0.5, 0.6) is 0 Å². The van der Waals surface area contributed by atoms with Gasteiger partial charge in [-0.2, -0.15) is 0 Å². The summed E-state index contributed by atoms with van der Waals surface area (Å²) in [6.45, 7) is 7.61. The molecule has 3 amide bonds. The minimum absolute atomic E-state index is 0.0297. The van der Waals surface area contributed by atoms with Gasteiger partial charge in [0.25, 0.3) is 0 Å². The Morgan fingerprint density at radius 2 is 1.48 bits per heavy atom. The maximum absolute atomic E-state index is 13.1. The number of hydrogen-bond acceptors (Lipinski definition) is 4. The molecule has 0 spiro atoms. The molecule has 4 rings (SSSR count). The molecule has 0 aromatic heterocycles. The van der Waals surface area contributed by atoms with E-state index in [-0.39, 0.29) is 23.7 Å². The van der Waals surface area contributed by atoms with Crippen molar-refractivity contribution in [2.45, 2.75) is 25.7 Å². The number of urea groups is 1. The zero-order valence-electron chi connectivity index (χ0n) is 18.3. The highest BCUT2D eigenvalue weighted by molar-refractivity contribution is 5.80. The monoisotopic (exact) mass is 431 g/mol. The zero-order chi connectivity index (χ0) is 21.6. The fourth-order valence-corrected chi connectivity index (χ4v) is 4.88. The van der Waals surface area contributed by atoms with Gasteiger partial charge >= 0.3 is 6.03 Å². The predicted octanol–water partition coefficient (Wildman–Crippen LogP) is 1.99. The highest BCUT2D eigenvalue weighted by atomic mass is 19.1. The molecule has 0 radical (unpaired) electrons. The first-order valence-corrected chi connectivity index (χ1v) is 11.6. The number of benzene rings is 1. The van der Waals surface area contributed by atoms with Crippen LogP contribution in [0.2, 0.25) is 0 Å². The number of nitrogens with zero attached hydrogens (tertiary/aromatic N) is 4. The van der Waals surface area contributed by atoms with Gasteiger partial charge < -0.3 is 20.0 Å². The molecule has 7 nitrogen and oxygen atoms in total. The third kappa shape index (κ3) is 5.67. The first-order valence-electron chi connectivity index (χ1n) is 11.6. The van der Waals surface area contributed by atoms with Gasteiger partial charge in [-0.1, -0.05) is 12.8 Å². The van der Waals surface area contributed by atoms with E-state index in [1.165, 1.54) is 25.0 Å². The van der Waals surface area contributed by atoms with Gasteiger partial charge in [0.05, 0.1) is 0 Å². The molecular weight excluding hydrogens is 397 g/mol. The molecule has 0 bridgehead atoms. The Hall–Kier alpha value is -2.35. The molecule has 1 aliphatic carbocycles. The lowest BCUT2D eigenvalue weighted by molar-refractivity contribution is -0.136. The van der Waals surface area contributed by atoms with Crippen molar-refractivity contribution < 1.29 is 14.0 Å². The summed E-state index contributed by atoms with van der Waals surface area (Å²) in [5.41, 5.74) is 1.06. The summed E-state index contributed by atoms with van der Waals surface area (Å²) < 4.78 is 13.1. The molecule has 8 heteroatoms. The van der Waals surface area contributed by atoms with Crippen LogP contribution in [0.25, 0.3) is 0 Å². The Labute approximate surface area is 184 Å². The van der Waals surface area contributed by atoms with E-state index in [0.717, 1.165) is 51.3 Å². The number of halogens is 1. The standard InChI is InChI=1S/C23H34FN5O2/c24-20-5-7-21(8-6-20)27-13-11-26(12-14-27)10-9-25-23(31)29-17-15-28(16-18-29)22(30)19-3-1-2-4-19/h5-8,19H,1-4,9-18H2,(H,25,31). The molecule has 1 aromatic carbocycles. The fourth-order valence-electron chi connectivity index (χ4n) is 4.88. The van der Waals surface area contributed by atoms with E-state index in [2.05, 4.69) is 15.1 Å². The third-order valence-corrected chi connectivity index (χ3v) is 6.85. The van der Waals surface area contributed by atoms with Crippen LogP contribution in [0.1, 0.15) is 25.7 Å². The van der Waals surface area contributed by atoms with Crippen LogP contribution in [0.4, 0.5) is 14.9 Å². The molecule has 2 aliphatic heterocycles. The topological polar surface area (TPSA) is 59.1 Å². The Morgan fingerprint density at radius 1 is 0.871 bits per heavy atom. The molecule has 1 saturated carbocycles. The van der Waals surface area contributed by atoms with Gasteiger partial charge in [-0.15, -0.1) is 0 Å². The molecular formula is C23H34FN5O2. The smallest absolute Gasteiger partial charge is 0.317 e. The van der Waals surface area contributed by atoms with Crippen molar-refractivity contribution in [1.29, 1.82) is 0 Å².